The molecule has 23 nitrogen and oxygen atoms in total. The largest absolute Gasteiger partial charge is 0.497 e. The molecule has 4 rings (SSSR count). The van der Waals surface area contributed by atoms with E-state index in [2.05, 4.69) is 16.0 Å². The topological polar surface area (TPSA) is 330 Å². The molecule has 1 fully saturated rings. The summed E-state index contributed by atoms with van der Waals surface area (Å²) in [4.78, 5) is 62.3. The molecular weight excluding hydrogens is 909 g/mol. The highest BCUT2D eigenvalue weighted by atomic mass is 16.7. The number of aliphatic carboxylic acids is 1. The number of benzene rings is 2. The average molecular weight is 971 g/mol. The Bertz CT molecular complexity index is 2260. The van der Waals surface area contributed by atoms with E-state index in [1.54, 1.807) is 25.1 Å². The summed E-state index contributed by atoms with van der Waals surface area (Å²) in [6.07, 6.45) is -9.83. The number of anilines is 3. The maximum absolute atomic E-state index is 13.6. The summed E-state index contributed by atoms with van der Waals surface area (Å²) in [6, 6.07) is 12.7. The molecule has 5 atom stereocenters. The van der Waals surface area contributed by atoms with Gasteiger partial charge in [-0.05, 0) is 49.7 Å². The Balaban J connectivity index is 0.0000126. The summed E-state index contributed by atoms with van der Waals surface area (Å²) >= 11 is 0. The van der Waals surface area contributed by atoms with Crippen molar-refractivity contribution >= 4 is 46.7 Å². The minimum absolute atomic E-state index is 0. The van der Waals surface area contributed by atoms with Crippen LogP contribution in [-0.4, -0.2) is 148 Å². The molecule has 0 unspecified atom stereocenters. The molecule has 69 heavy (non-hydrogen) atoms. The van der Waals surface area contributed by atoms with Crippen molar-refractivity contribution in [3.63, 3.8) is 0 Å². The quantitative estimate of drug-likeness (QED) is 0.0281. The molecule has 0 radical (unpaired) electrons. The van der Waals surface area contributed by atoms with Crippen molar-refractivity contribution in [1.29, 1.82) is 5.26 Å². The number of nitrogens with one attached hydrogen (secondary N) is 3. The number of nitrogen functional groups attached to an aromatic ring is 1. The number of carboxylic acid groups (broad SMARTS) is 1. The molecule has 0 aliphatic carbocycles. The van der Waals surface area contributed by atoms with E-state index < -0.39 is 54.4 Å². The number of nitriles is 1. The second-order valence-corrected chi connectivity index (χ2v) is 15.1. The van der Waals surface area contributed by atoms with E-state index in [9.17, 15) is 49.7 Å². The predicted octanol–water partition coefficient (Wildman–Crippen LogP) is 0.658. The number of carboxylic acids is 1. The number of hydrogen-bond acceptors (Lipinski definition) is 18. The number of ketones is 1. The Morgan fingerprint density at radius 3 is 2.10 bits per heavy atom. The Morgan fingerprint density at radius 1 is 0.812 bits per heavy atom. The van der Waals surface area contributed by atoms with Crippen molar-refractivity contribution in [1.82, 2.24) is 5.32 Å². The predicted molar refractivity (Wildman–Crippen MR) is 244 cm³/mol. The Hall–Kier alpha value is -6.65. The SMILES string of the molecule is CCOc1c(C#N)c(N)cc(NC(=O)Cc2cc(OC)ccc2OC)[n+]1Cc1ccc(O[C@@H]2O[C@H](C(=O)O)[C@@H](O)[C@H](O)[C@H]2O)c(NC(=O)CCNC(=O)CCOCCOCCOCCC(C)=O)c1.[CH3-]. The lowest BCUT2D eigenvalue weighted by Gasteiger charge is -2.38. The second kappa shape index (κ2) is 28.6. The third-order valence-corrected chi connectivity index (χ3v) is 10.0. The van der Waals surface area contributed by atoms with Crippen LogP contribution in [0, 0.1) is 18.8 Å². The van der Waals surface area contributed by atoms with Crippen LogP contribution in [0.2, 0.25) is 0 Å². The van der Waals surface area contributed by atoms with Gasteiger partial charge in [-0.1, -0.05) is 6.07 Å². The molecule has 1 aliphatic rings. The first-order valence-electron chi connectivity index (χ1n) is 21.5. The summed E-state index contributed by atoms with van der Waals surface area (Å²) < 4.78 is 45.4. The van der Waals surface area contributed by atoms with Crippen LogP contribution in [0.1, 0.15) is 49.8 Å². The molecule has 3 aromatic rings. The molecule has 2 aromatic carbocycles. The van der Waals surface area contributed by atoms with E-state index in [-0.39, 0.29) is 106 Å². The summed E-state index contributed by atoms with van der Waals surface area (Å²) in [6.45, 7) is 4.58. The molecule has 1 aromatic heterocycles. The van der Waals surface area contributed by atoms with Gasteiger partial charge in [0.05, 0.1) is 84.3 Å². The first kappa shape index (κ1) is 56.7. The maximum Gasteiger partial charge on any atom is 0.335 e. The van der Waals surface area contributed by atoms with Gasteiger partial charge in [0.1, 0.15) is 54.0 Å². The Kier molecular flexibility index (Phi) is 23.5. The number of amides is 3. The number of aliphatic hydroxyl groups excluding tert-OH is 3. The van der Waals surface area contributed by atoms with Gasteiger partial charge in [-0.3, -0.25) is 14.4 Å². The monoisotopic (exact) mass is 970 g/mol. The van der Waals surface area contributed by atoms with E-state index in [0.717, 1.165) is 0 Å². The molecule has 1 aliphatic heterocycles. The van der Waals surface area contributed by atoms with Gasteiger partial charge in [0.2, 0.25) is 18.1 Å². The molecule has 2 heterocycles. The Labute approximate surface area is 399 Å². The van der Waals surface area contributed by atoms with Crippen LogP contribution in [0.5, 0.6) is 23.1 Å². The van der Waals surface area contributed by atoms with Crippen molar-refractivity contribution < 1.29 is 86.9 Å². The number of ether oxygens (including phenoxy) is 8. The lowest BCUT2D eigenvalue weighted by atomic mass is 9.99. The van der Waals surface area contributed by atoms with E-state index in [1.165, 1.54) is 50.0 Å². The first-order valence-corrected chi connectivity index (χ1v) is 21.5. The molecule has 1 saturated heterocycles. The zero-order chi connectivity index (χ0) is 49.8. The number of Topliss-reactive ketones (excluding diaryl/α,β-unsaturated/α-hetero) is 1. The Morgan fingerprint density at radius 2 is 1.48 bits per heavy atom. The van der Waals surface area contributed by atoms with Crippen LogP contribution in [0.25, 0.3) is 0 Å². The van der Waals surface area contributed by atoms with Crippen molar-refractivity contribution in [2.75, 3.05) is 83.4 Å². The molecular formula is C46H62N6O17. The van der Waals surface area contributed by atoms with Crippen molar-refractivity contribution in [3.8, 4) is 29.2 Å². The van der Waals surface area contributed by atoms with Crippen LogP contribution < -0.4 is 45.2 Å². The average Bonchev–Trinajstić information content (AvgIpc) is 3.30. The zero-order valence-corrected chi connectivity index (χ0v) is 39.2. The highest BCUT2D eigenvalue weighted by molar-refractivity contribution is 5.93. The summed E-state index contributed by atoms with van der Waals surface area (Å²) in [5.74, 6) is -2.26. The summed E-state index contributed by atoms with van der Waals surface area (Å²) in [5, 5.41) is 59.2. The molecule has 23 heteroatoms. The maximum atomic E-state index is 13.6. The number of pyridine rings is 1. The number of nitrogens with two attached hydrogens (primary N) is 1. The van der Waals surface area contributed by atoms with Crippen LogP contribution in [0.3, 0.4) is 0 Å². The fourth-order valence-electron chi connectivity index (χ4n) is 6.58. The van der Waals surface area contributed by atoms with E-state index in [0.29, 0.717) is 48.9 Å². The minimum Gasteiger partial charge on any atom is -0.497 e. The van der Waals surface area contributed by atoms with E-state index >= 15 is 0 Å². The fraction of sp³-hybridized carbons (Fsp3) is 0.478. The highest BCUT2D eigenvalue weighted by Crippen LogP contribution is 2.32. The number of aromatic nitrogens is 1. The van der Waals surface area contributed by atoms with Crippen LogP contribution in [0.4, 0.5) is 17.2 Å². The smallest absolute Gasteiger partial charge is 0.335 e. The molecule has 0 spiro atoms. The van der Waals surface area contributed by atoms with E-state index in [4.69, 9.17) is 43.6 Å². The highest BCUT2D eigenvalue weighted by Gasteiger charge is 2.48. The number of aliphatic hydroxyl groups is 3. The van der Waals surface area contributed by atoms with Crippen LogP contribution in [-0.2, 0) is 55.9 Å². The number of methoxy groups -OCH3 is 2. The van der Waals surface area contributed by atoms with Crippen molar-refractivity contribution in [2.24, 2.45) is 0 Å². The van der Waals surface area contributed by atoms with Crippen LogP contribution in [0.15, 0.2) is 42.5 Å². The second-order valence-electron chi connectivity index (χ2n) is 15.1. The first-order chi connectivity index (χ1) is 32.6. The molecule has 0 saturated carbocycles. The molecule has 3 amide bonds. The molecule has 0 bridgehead atoms. The van der Waals surface area contributed by atoms with Gasteiger partial charge >= 0.3 is 17.8 Å². The van der Waals surface area contributed by atoms with Gasteiger partial charge in [-0.15, -0.1) is 0 Å². The number of nitrogens with zero attached hydrogens (tertiary/aromatic N) is 2. The number of rotatable bonds is 28. The molecule has 9 N–H and O–H groups in total. The number of carbonyl (C=O) groups is 5. The van der Waals surface area contributed by atoms with Crippen LogP contribution >= 0.6 is 0 Å². The summed E-state index contributed by atoms with van der Waals surface area (Å²) in [7, 11) is 2.94. The van der Waals surface area contributed by atoms with Gasteiger partial charge in [0.15, 0.2) is 11.7 Å². The third kappa shape index (κ3) is 17.1. The van der Waals surface area contributed by atoms with Crippen molar-refractivity contribution in [2.45, 2.75) is 76.8 Å². The van der Waals surface area contributed by atoms with Gasteiger partial charge in [-0.2, -0.15) is 9.83 Å². The third-order valence-electron chi connectivity index (χ3n) is 10.0. The fourth-order valence-corrected chi connectivity index (χ4v) is 6.58. The van der Waals surface area contributed by atoms with Gasteiger partial charge < -0.3 is 82.1 Å². The number of carbonyl (C=O) groups excluding carboxylic acids is 4. The van der Waals surface area contributed by atoms with Gasteiger partial charge in [0, 0.05) is 31.4 Å². The van der Waals surface area contributed by atoms with Gasteiger partial charge in [0.25, 0.3) is 5.82 Å². The molecule has 378 valence electrons. The standard InChI is InChI=1S/C45H58N6O17.CH3/c1-5-66-43-30(24-46)31(47)23-35(50-38(55)22-28-21-29(61-3)7-9-33(28)62-4)51(43)25-27-6-8-34(67-45-41(58)39(56)40(57)42(68-45)44(59)60)32(20-27)49-37(54)10-13-48-36(53)12-15-64-17-19-65-18-16-63-14-11-26(2)52;/h6-9,20-21,23,39-42,45,56-58H,5,10-19,22,25H2,1-4H3,(H5,47,48,49,50,53,54,55,59,60);1H3/q;-1/p+1/t39-,40-,41+,42-,45+;/m0./s1. The minimum atomic E-state index is -2.00. The summed E-state index contributed by atoms with van der Waals surface area (Å²) in [5.41, 5.74) is 7.12. The normalized spacial score (nSPS) is 17.3. The lowest BCUT2D eigenvalue weighted by molar-refractivity contribution is -0.679. The van der Waals surface area contributed by atoms with Gasteiger partial charge in [-0.25, -0.2) is 14.9 Å². The number of hydrogen-bond donors (Lipinski definition) is 8. The zero-order valence-electron chi connectivity index (χ0n) is 39.2. The van der Waals surface area contributed by atoms with E-state index in [1.807, 2.05) is 6.07 Å². The lowest BCUT2D eigenvalue weighted by Crippen LogP contribution is -2.61. The van der Waals surface area contributed by atoms with Crippen molar-refractivity contribution in [3.05, 3.63) is 66.6 Å².